The van der Waals surface area contributed by atoms with Gasteiger partial charge in [-0.25, -0.2) is 0 Å². The van der Waals surface area contributed by atoms with Crippen LogP contribution < -0.4 is 10.6 Å². The Kier molecular flexibility index (Phi) is 6.90. The number of aliphatic imine (C=N–C) groups is 1. The largest absolute Gasteiger partial charge is 0.351 e. The van der Waals surface area contributed by atoms with Gasteiger partial charge in [0.25, 0.3) is 11.8 Å². The summed E-state index contributed by atoms with van der Waals surface area (Å²) < 4.78 is 0.681. The van der Waals surface area contributed by atoms with E-state index in [1.165, 1.54) is 11.8 Å². The van der Waals surface area contributed by atoms with E-state index in [0.29, 0.717) is 22.3 Å². The zero-order valence-electron chi connectivity index (χ0n) is 15.2. The summed E-state index contributed by atoms with van der Waals surface area (Å²) >= 11 is 4.55. The van der Waals surface area contributed by atoms with Gasteiger partial charge in [-0.2, -0.15) is 4.99 Å². The van der Waals surface area contributed by atoms with Crippen LogP contribution in [-0.4, -0.2) is 52.7 Å². The van der Waals surface area contributed by atoms with Gasteiger partial charge in [-0.3, -0.25) is 14.4 Å². The minimum Gasteiger partial charge on any atom is -0.351 e. The summed E-state index contributed by atoms with van der Waals surface area (Å²) in [4.78, 5) is 42.6. The van der Waals surface area contributed by atoms with E-state index in [-0.39, 0.29) is 24.1 Å². The predicted octanol–water partition coefficient (Wildman–Crippen LogP) is 2.75. The van der Waals surface area contributed by atoms with Crippen LogP contribution in [0.15, 0.2) is 40.3 Å². The summed E-state index contributed by atoms with van der Waals surface area (Å²) in [6, 6.07) is 6.58. The second kappa shape index (κ2) is 9.38. The number of amides is 3. The third kappa shape index (κ3) is 5.45. The standard InChI is InChI=1S/C19H21BrN4O3S/c1-12(20)11-21-17(26)13-4-6-14(7-5-13)22-16(25)10-15-18(27)23-19(28-15)24-8-2-3-9-24/h4-7,15H,1-3,8-11H2,(H,21,26)(H,22,25). The molecule has 0 saturated carbocycles. The summed E-state index contributed by atoms with van der Waals surface area (Å²) in [6.07, 6.45) is 2.29. The lowest BCUT2D eigenvalue weighted by Crippen LogP contribution is -2.25. The van der Waals surface area contributed by atoms with Crippen molar-refractivity contribution in [2.45, 2.75) is 24.5 Å². The van der Waals surface area contributed by atoms with Gasteiger partial charge in [0.1, 0.15) is 5.25 Å². The maximum absolute atomic E-state index is 12.3. The molecule has 2 aliphatic rings. The Morgan fingerprint density at radius 3 is 2.57 bits per heavy atom. The van der Waals surface area contributed by atoms with Crippen LogP contribution in [0, 0.1) is 0 Å². The molecule has 0 radical (unpaired) electrons. The zero-order chi connectivity index (χ0) is 20.1. The Labute approximate surface area is 176 Å². The number of anilines is 1. The number of nitrogens with zero attached hydrogens (tertiary/aromatic N) is 2. The molecule has 2 N–H and O–H groups in total. The first-order valence-corrected chi connectivity index (χ1v) is 10.6. The molecule has 1 aromatic rings. The molecule has 1 unspecified atom stereocenters. The number of nitrogens with one attached hydrogen (secondary N) is 2. The van der Waals surface area contributed by atoms with Crippen molar-refractivity contribution in [1.82, 2.24) is 10.2 Å². The summed E-state index contributed by atoms with van der Waals surface area (Å²) in [6.45, 7) is 5.84. The number of halogens is 1. The molecule has 1 saturated heterocycles. The van der Waals surface area contributed by atoms with E-state index in [2.05, 4.69) is 43.0 Å². The minimum atomic E-state index is -0.474. The molecule has 2 aliphatic heterocycles. The second-order valence-electron chi connectivity index (χ2n) is 6.56. The predicted molar refractivity (Wildman–Crippen MR) is 115 cm³/mol. The molecule has 0 spiro atoms. The SMILES string of the molecule is C=C(Br)CNC(=O)c1ccc(NC(=O)CC2SC(N3CCCC3)=NC2=O)cc1. The smallest absolute Gasteiger partial charge is 0.262 e. The topological polar surface area (TPSA) is 90.9 Å². The molecule has 3 amide bonds. The van der Waals surface area contributed by atoms with Crippen molar-refractivity contribution in [3.8, 4) is 0 Å². The van der Waals surface area contributed by atoms with Gasteiger partial charge >= 0.3 is 0 Å². The van der Waals surface area contributed by atoms with Crippen molar-refractivity contribution < 1.29 is 14.4 Å². The van der Waals surface area contributed by atoms with Gasteiger partial charge < -0.3 is 15.5 Å². The van der Waals surface area contributed by atoms with Crippen LogP contribution in [0.25, 0.3) is 0 Å². The van der Waals surface area contributed by atoms with Crippen LogP contribution in [0.4, 0.5) is 5.69 Å². The van der Waals surface area contributed by atoms with Gasteiger partial charge in [0.05, 0.1) is 0 Å². The summed E-state index contributed by atoms with van der Waals surface area (Å²) in [5.41, 5.74) is 1.06. The molecular weight excluding hydrogens is 444 g/mol. The number of thioether (sulfide) groups is 1. The monoisotopic (exact) mass is 464 g/mol. The number of rotatable bonds is 6. The Morgan fingerprint density at radius 1 is 1.25 bits per heavy atom. The number of likely N-dealkylation sites (tertiary alicyclic amines) is 1. The van der Waals surface area contributed by atoms with Gasteiger partial charge in [0, 0.05) is 41.8 Å². The molecular formula is C19H21BrN4O3S. The second-order valence-corrected chi connectivity index (χ2v) is 8.85. The highest BCUT2D eigenvalue weighted by molar-refractivity contribution is 9.11. The normalized spacial score (nSPS) is 18.8. The van der Waals surface area contributed by atoms with Crippen LogP contribution in [0.3, 0.4) is 0 Å². The van der Waals surface area contributed by atoms with Gasteiger partial charge in [-0.1, -0.05) is 34.3 Å². The molecule has 148 valence electrons. The van der Waals surface area contributed by atoms with Crippen LogP contribution in [-0.2, 0) is 9.59 Å². The van der Waals surface area contributed by atoms with Gasteiger partial charge in [0.2, 0.25) is 5.91 Å². The van der Waals surface area contributed by atoms with E-state index in [0.717, 1.165) is 31.1 Å². The molecule has 1 aromatic carbocycles. The number of carbonyl (C=O) groups excluding carboxylic acids is 3. The van der Waals surface area contributed by atoms with Crippen molar-refractivity contribution in [2.75, 3.05) is 25.0 Å². The van der Waals surface area contributed by atoms with Crippen molar-refractivity contribution in [1.29, 1.82) is 0 Å². The fraction of sp³-hybridized carbons (Fsp3) is 0.368. The lowest BCUT2D eigenvalue weighted by atomic mass is 10.2. The van der Waals surface area contributed by atoms with Crippen LogP contribution in [0.5, 0.6) is 0 Å². The van der Waals surface area contributed by atoms with Crippen LogP contribution in [0.2, 0.25) is 0 Å². The van der Waals surface area contributed by atoms with E-state index >= 15 is 0 Å². The zero-order valence-corrected chi connectivity index (χ0v) is 17.6. The average molecular weight is 465 g/mol. The van der Waals surface area contributed by atoms with E-state index in [9.17, 15) is 14.4 Å². The molecule has 0 aromatic heterocycles. The fourth-order valence-electron chi connectivity index (χ4n) is 2.92. The Balaban J connectivity index is 1.49. The van der Waals surface area contributed by atoms with Gasteiger partial charge in [-0.15, -0.1) is 0 Å². The minimum absolute atomic E-state index is 0.0694. The lowest BCUT2D eigenvalue weighted by molar-refractivity contribution is -0.121. The molecule has 3 rings (SSSR count). The first-order valence-electron chi connectivity index (χ1n) is 8.98. The molecule has 0 aliphatic carbocycles. The lowest BCUT2D eigenvalue weighted by Gasteiger charge is -2.16. The van der Waals surface area contributed by atoms with Crippen LogP contribution in [0.1, 0.15) is 29.6 Å². The number of hydrogen-bond acceptors (Lipinski definition) is 5. The van der Waals surface area contributed by atoms with Gasteiger partial charge in [-0.05, 0) is 37.1 Å². The maximum atomic E-state index is 12.3. The molecule has 28 heavy (non-hydrogen) atoms. The molecule has 1 atom stereocenters. The van der Waals surface area contributed by atoms with E-state index < -0.39 is 5.25 Å². The Hall–Kier alpha value is -2.13. The number of hydrogen-bond donors (Lipinski definition) is 2. The maximum Gasteiger partial charge on any atom is 0.262 e. The molecule has 0 bridgehead atoms. The highest BCUT2D eigenvalue weighted by atomic mass is 79.9. The summed E-state index contributed by atoms with van der Waals surface area (Å²) in [5, 5.41) is 5.74. The molecule has 7 nitrogen and oxygen atoms in total. The van der Waals surface area contributed by atoms with Gasteiger partial charge in [0.15, 0.2) is 5.17 Å². The van der Waals surface area contributed by atoms with Crippen molar-refractivity contribution in [3.05, 3.63) is 40.9 Å². The third-order valence-electron chi connectivity index (χ3n) is 4.35. The summed E-state index contributed by atoms with van der Waals surface area (Å²) in [5.74, 6) is -0.725. The third-order valence-corrected chi connectivity index (χ3v) is 5.84. The van der Waals surface area contributed by atoms with E-state index in [1.807, 2.05) is 0 Å². The number of carbonyl (C=O) groups is 3. The molecule has 9 heteroatoms. The highest BCUT2D eigenvalue weighted by Gasteiger charge is 2.33. The first-order chi connectivity index (χ1) is 13.4. The van der Waals surface area contributed by atoms with Crippen molar-refractivity contribution in [2.24, 2.45) is 4.99 Å². The highest BCUT2D eigenvalue weighted by Crippen LogP contribution is 2.29. The Bertz CT molecular complexity index is 819. The van der Waals surface area contributed by atoms with Crippen molar-refractivity contribution in [3.63, 3.8) is 0 Å². The first kappa shape index (κ1) is 20.6. The number of benzene rings is 1. The fourth-order valence-corrected chi connectivity index (χ4v) is 4.17. The number of amidine groups is 1. The van der Waals surface area contributed by atoms with Crippen molar-refractivity contribution >= 4 is 56.3 Å². The quantitative estimate of drug-likeness (QED) is 0.675. The Morgan fingerprint density at radius 2 is 1.93 bits per heavy atom. The van der Waals surface area contributed by atoms with E-state index in [4.69, 9.17) is 0 Å². The van der Waals surface area contributed by atoms with Crippen LogP contribution >= 0.6 is 27.7 Å². The molecule has 2 heterocycles. The van der Waals surface area contributed by atoms with E-state index in [1.54, 1.807) is 24.3 Å². The average Bonchev–Trinajstić information content (AvgIpc) is 3.30. The summed E-state index contributed by atoms with van der Waals surface area (Å²) in [7, 11) is 0. The molecule has 1 fully saturated rings.